The molecule has 1 heterocycles. The summed E-state index contributed by atoms with van der Waals surface area (Å²) in [4.78, 5) is 4.62. The lowest BCUT2D eigenvalue weighted by atomic mass is 10.2. The molecular weight excluding hydrogens is 272 g/mol. The summed E-state index contributed by atoms with van der Waals surface area (Å²) in [6.07, 6.45) is 0. The summed E-state index contributed by atoms with van der Waals surface area (Å²) in [5, 5.41) is 0.976. The summed E-state index contributed by atoms with van der Waals surface area (Å²) in [7, 11) is 1.60. The Morgan fingerprint density at radius 1 is 1.15 bits per heavy atom. The molecule has 0 unspecified atom stereocenters. The van der Waals surface area contributed by atoms with Crippen LogP contribution < -0.4 is 10.5 Å². The van der Waals surface area contributed by atoms with E-state index in [9.17, 15) is 0 Å². The minimum Gasteiger partial charge on any atom is -0.468 e. The normalized spacial score (nSPS) is 10.8. The number of nitrogens with two attached hydrogens (primary N) is 1. The van der Waals surface area contributed by atoms with Gasteiger partial charge in [0.25, 0.3) is 0 Å². The van der Waals surface area contributed by atoms with Crippen molar-refractivity contribution in [2.45, 2.75) is 0 Å². The van der Waals surface area contributed by atoms with Crippen LogP contribution in [0.4, 0.5) is 5.69 Å². The highest BCUT2D eigenvalue weighted by Crippen LogP contribution is 2.32. The Morgan fingerprint density at radius 2 is 1.95 bits per heavy atom. The quantitative estimate of drug-likeness (QED) is 0.589. The Bertz CT molecular complexity index is 722. The number of nitrogens with zero attached hydrogens (tertiary/aromatic N) is 1. The third-order valence-electron chi connectivity index (χ3n) is 2.86. The van der Waals surface area contributed by atoms with Gasteiger partial charge in [-0.1, -0.05) is 0 Å². The molecular formula is C15H14N2O2S. The molecule has 2 N–H and O–H groups in total. The fourth-order valence-corrected chi connectivity index (χ4v) is 2.87. The molecule has 0 bridgehead atoms. The van der Waals surface area contributed by atoms with Crippen molar-refractivity contribution in [1.29, 1.82) is 0 Å². The van der Waals surface area contributed by atoms with E-state index in [-0.39, 0.29) is 6.79 Å². The first-order valence-corrected chi connectivity index (χ1v) is 6.96. The van der Waals surface area contributed by atoms with Gasteiger partial charge in [-0.05, 0) is 42.5 Å². The number of nitrogen functional groups attached to an aromatic ring is 1. The van der Waals surface area contributed by atoms with Crippen LogP contribution in [-0.2, 0) is 4.74 Å². The van der Waals surface area contributed by atoms with Crippen molar-refractivity contribution in [2.24, 2.45) is 0 Å². The summed E-state index contributed by atoms with van der Waals surface area (Å²) >= 11 is 1.63. The van der Waals surface area contributed by atoms with Gasteiger partial charge in [0, 0.05) is 18.4 Å². The molecule has 102 valence electrons. The summed E-state index contributed by atoms with van der Waals surface area (Å²) in [6, 6.07) is 13.6. The highest BCUT2D eigenvalue weighted by atomic mass is 32.1. The van der Waals surface area contributed by atoms with Gasteiger partial charge in [-0.3, -0.25) is 0 Å². The predicted octanol–water partition coefficient (Wildman–Crippen LogP) is 3.53. The molecule has 0 fully saturated rings. The number of hydrogen-bond acceptors (Lipinski definition) is 5. The third kappa shape index (κ3) is 2.59. The van der Waals surface area contributed by atoms with E-state index in [1.54, 1.807) is 18.4 Å². The Labute approximate surface area is 120 Å². The lowest BCUT2D eigenvalue weighted by molar-refractivity contribution is 0.0512. The molecule has 0 radical (unpaired) electrons. The van der Waals surface area contributed by atoms with E-state index >= 15 is 0 Å². The smallest absolute Gasteiger partial charge is 0.188 e. The molecule has 0 atom stereocenters. The first-order chi connectivity index (χ1) is 9.76. The van der Waals surface area contributed by atoms with Gasteiger partial charge in [0.05, 0.1) is 10.2 Å². The maximum absolute atomic E-state index is 5.70. The van der Waals surface area contributed by atoms with E-state index < -0.39 is 0 Å². The third-order valence-corrected chi connectivity index (χ3v) is 3.93. The molecule has 0 saturated heterocycles. The van der Waals surface area contributed by atoms with Crippen molar-refractivity contribution in [3.8, 4) is 16.3 Å². The topological polar surface area (TPSA) is 57.4 Å². The van der Waals surface area contributed by atoms with Crippen LogP contribution in [0.15, 0.2) is 42.5 Å². The van der Waals surface area contributed by atoms with Gasteiger partial charge in [0.1, 0.15) is 10.8 Å². The first kappa shape index (κ1) is 12.9. The highest BCUT2D eigenvalue weighted by Gasteiger charge is 2.07. The van der Waals surface area contributed by atoms with Crippen LogP contribution in [-0.4, -0.2) is 18.9 Å². The fraction of sp³-hybridized carbons (Fsp3) is 0.133. The molecule has 4 nitrogen and oxygen atoms in total. The molecule has 3 rings (SSSR count). The Hall–Kier alpha value is -2.11. The second-order valence-corrected chi connectivity index (χ2v) is 5.35. The molecule has 5 heteroatoms. The monoisotopic (exact) mass is 286 g/mol. The molecule has 2 aromatic carbocycles. The molecule has 0 aliphatic rings. The molecule has 0 aliphatic carbocycles. The van der Waals surface area contributed by atoms with Gasteiger partial charge in [0.2, 0.25) is 0 Å². The van der Waals surface area contributed by atoms with Gasteiger partial charge in [-0.15, -0.1) is 11.3 Å². The second-order valence-electron chi connectivity index (χ2n) is 4.32. The number of fused-ring (bicyclic) bond motifs is 1. The number of thiazole rings is 1. The van der Waals surface area contributed by atoms with Crippen LogP contribution in [0, 0.1) is 0 Å². The predicted molar refractivity (Wildman–Crippen MR) is 82.0 cm³/mol. The van der Waals surface area contributed by atoms with Crippen LogP contribution in [0.5, 0.6) is 5.75 Å². The summed E-state index contributed by atoms with van der Waals surface area (Å²) in [5.41, 5.74) is 8.49. The van der Waals surface area contributed by atoms with Crippen LogP contribution in [0.1, 0.15) is 0 Å². The molecule has 1 aromatic heterocycles. The van der Waals surface area contributed by atoms with Gasteiger partial charge in [0.15, 0.2) is 6.79 Å². The number of methoxy groups -OCH3 is 1. The zero-order chi connectivity index (χ0) is 13.9. The standard InChI is InChI=1S/C15H14N2O2S/c1-18-9-19-12-6-7-13-14(8-12)20-15(17-13)10-2-4-11(16)5-3-10/h2-8H,9,16H2,1H3. The zero-order valence-electron chi connectivity index (χ0n) is 11.0. The van der Waals surface area contributed by atoms with E-state index in [0.29, 0.717) is 0 Å². The minimum atomic E-state index is 0.245. The SMILES string of the molecule is COCOc1ccc2nc(-c3ccc(N)cc3)sc2c1. The lowest BCUT2D eigenvalue weighted by Gasteiger charge is -2.03. The van der Waals surface area contributed by atoms with E-state index in [4.69, 9.17) is 15.2 Å². The van der Waals surface area contributed by atoms with Crippen LogP contribution in [0.3, 0.4) is 0 Å². The van der Waals surface area contributed by atoms with Crippen molar-refractivity contribution in [2.75, 3.05) is 19.6 Å². The van der Waals surface area contributed by atoms with Gasteiger partial charge >= 0.3 is 0 Å². The highest BCUT2D eigenvalue weighted by molar-refractivity contribution is 7.21. The second kappa shape index (κ2) is 5.48. The van der Waals surface area contributed by atoms with Gasteiger partial charge < -0.3 is 15.2 Å². The Balaban J connectivity index is 1.95. The Kier molecular flexibility index (Phi) is 3.54. The number of aromatic nitrogens is 1. The average molecular weight is 286 g/mol. The summed E-state index contributed by atoms with van der Waals surface area (Å²) in [5.74, 6) is 0.784. The zero-order valence-corrected chi connectivity index (χ0v) is 11.8. The number of ether oxygens (including phenoxy) is 2. The molecule has 20 heavy (non-hydrogen) atoms. The molecule has 0 spiro atoms. The summed E-state index contributed by atoms with van der Waals surface area (Å²) in [6.45, 7) is 0.245. The maximum Gasteiger partial charge on any atom is 0.188 e. The summed E-state index contributed by atoms with van der Waals surface area (Å²) < 4.78 is 11.4. The van der Waals surface area contributed by atoms with Crippen LogP contribution in [0.25, 0.3) is 20.8 Å². The van der Waals surface area contributed by atoms with Crippen LogP contribution in [0.2, 0.25) is 0 Å². The van der Waals surface area contributed by atoms with Gasteiger partial charge in [-0.2, -0.15) is 0 Å². The largest absolute Gasteiger partial charge is 0.468 e. The van der Waals surface area contributed by atoms with Crippen molar-refractivity contribution >= 4 is 27.2 Å². The number of rotatable bonds is 4. The Morgan fingerprint density at radius 3 is 2.70 bits per heavy atom. The van der Waals surface area contributed by atoms with E-state index in [1.807, 2.05) is 42.5 Å². The fourth-order valence-electron chi connectivity index (χ4n) is 1.87. The number of hydrogen-bond donors (Lipinski definition) is 1. The van der Waals surface area contributed by atoms with Crippen molar-refractivity contribution < 1.29 is 9.47 Å². The van der Waals surface area contributed by atoms with E-state index in [1.165, 1.54) is 0 Å². The van der Waals surface area contributed by atoms with Crippen molar-refractivity contribution in [1.82, 2.24) is 4.98 Å². The average Bonchev–Trinajstić information content (AvgIpc) is 2.89. The first-order valence-electron chi connectivity index (χ1n) is 6.14. The van der Waals surface area contributed by atoms with Crippen molar-refractivity contribution in [3.05, 3.63) is 42.5 Å². The lowest BCUT2D eigenvalue weighted by Crippen LogP contribution is -1.98. The molecule has 0 amide bonds. The molecule has 0 saturated carbocycles. The van der Waals surface area contributed by atoms with Gasteiger partial charge in [-0.25, -0.2) is 4.98 Å². The minimum absolute atomic E-state index is 0.245. The maximum atomic E-state index is 5.70. The van der Waals surface area contributed by atoms with Crippen molar-refractivity contribution in [3.63, 3.8) is 0 Å². The number of benzene rings is 2. The van der Waals surface area contributed by atoms with Crippen LogP contribution >= 0.6 is 11.3 Å². The molecule has 0 aliphatic heterocycles. The van der Waals surface area contributed by atoms with E-state index in [2.05, 4.69) is 4.98 Å². The number of anilines is 1. The van der Waals surface area contributed by atoms with E-state index in [0.717, 1.165) is 32.2 Å². The molecule has 3 aromatic rings.